The zero-order valence-electron chi connectivity index (χ0n) is 22.6. The Kier molecular flexibility index (Phi) is 6.82. The number of carboxylic acids is 1. The van der Waals surface area contributed by atoms with Crippen molar-refractivity contribution >= 4 is 35.9 Å². The SMILES string of the molecule is C=C[C@]1(C)C[C@@H](C(Oc2ccc3c(c2Cl)B(O)OC3)C(=O)O)[C@@]2(C)[C@H](C)CC[C@]3(CCC(=O)[C@H]32)[C@@H](C)[C@@H]1O. The van der Waals surface area contributed by atoms with Gasteiger partial charge in [0, 0.05) is 29.1 Å². The summed E-state index contributed by atoms with van der Waals surface area (Å²) >= 11 is 6.63. The van der Waals surface area contributed by atoms with E-state index in [0.29, 0.717) is 18.3 Å². The van der Waals surface area contributed by atoms with E-state index in [2.05, 4.69) is 27.4 Å². The van der Waals surface area contributed by atoms with Crippen LogP contribution in [0.25, 0.3) is 0 Å². The zero-order chi connectivity index (χ0) is 27.8. The molecular formula is C29H38BClO7. The number of benzene rings is 1. The van der Waals surface area contributed by atoms with Gasteiger partial charge >= 0.3 is 13.1 Å². The number of carboxylic acid groups (broad SMARTS) is 1. The number of aliphatic hydroxyl groups is 1. The second kappa shape index (κ2) is 9.36. The molecule has 4 aliphatic rings. The Balaban J connectivity index is 1.67. The van der Waals surface area contributed by atoms with Crippen molar-refractivity contribution in [1.29, 1.82) is 0 Å². The molecule has 206 valence electrons. The number of Topliss-reactive ketones (excluding diaryl/α,β-unsaturated/α-hetero) is 1. The molecule has 3 aliphatic carbocycles. The molecule has 0 saturated heterocycles. The lowest BCUT2D eigenvalue weighted by Gasteiger charge is -2.63. The van der Waals surface area contributed by atoms with Gasteiger partial charge in [-0.15, -0.1) is 6.58 Å². The van der Waals surface area contributed by atoms with Crippen molar-refractivity contribution < 1.29 is 34.2 Å². The fourth-order valence-corrected chi connectivity index (χ4v) is 9.03. The third-order valence-electron chi connectivity index (χ3n) is 11.2. The number of halogens is 1. The number of hydrogen-bond donors (Lipinski definition) is 3. The van der Waals surface area contributed by atoms with Gasteiger partial charge in [0.25, 0.3) is 0 Å². The van der Waals surface area contributed by atoms with E-state index in [-0.39, 0.29) is 47.3 Å². The molecule has 9 heteroatoms. The van der Waals surface area contributed by atoms with Gasteiger partial charge in [-0.05, 0) is 60.0 Å². The van der Waals surface area contributed by atoms with Crippen molar-refractivity contribution in [3.05, 3.63) is 35.4 Å². The van der Waals surface area contributed by atoms with E-state index in [1.54, 1.807) is 18.2 Å². The zero-order valence-corrected chi connectivity index (χ0v) is 23.3. The molecule has 1 heterocycles. The van der Waals surface area contributed by atoms with Crippen LogP contribution in [0.5, 0.6) is 5.75 Å². The summed E-state index contributed by atoms with van der Waals surface area (Å²) in [6.07, 6.45) is 2.70. The van der Waals surface area contributed by atoms with E-state index in [1.807, 2.05) is 6.92 Å². The summed E-state index contributed by atoms with van der Waals surface area (Å²) in [7, 11) is -1.21. The standard InChI is InChI=1S/C29H38BClO7/c1-6-27(4)13-18(23(26(34)35)38-20-8-7-17-14-37-30(36)21(17)22(20)31)28(5)15(2)9-11-29(16(3)25(27)33)12-10-19(32)24(28)29/h6-8,15-16,18,23-25,33,36H,1,9-14H2,2-5H3,(H,34,35)/t15-,16+,18+,23?,24+,25+,27-,28-,29+/m1/s1. The lowest BCUT2D eigenvalue weighted by Crippen LogP contribution is -2.63. The number of ether oxygens (including phenoxy) is 1. The van der Waals surface area contributed by atoms with Gasteiger partial charge < -0.3 is 24.6 Å². The molecular weight excluding hydrogens is 507 g/mol. The van der Waals surface area contributed by atoms with Gasteiger partial charge in [0.15, 0.2) is 6.10 Å². The molecule has 0 amide bonds. The Hall–Kier alpha value is -1.87. The van der Waals surface area contributed by atoms with Gasteiger partial charge in [-0.3, -0.25) is 4.79 Å². The summed E-state index contributed by atoms with van der Waals surface area (Å²) < 4.78 is 11.6. The van der Waals surface area contributed by atoms with E-state index >= 15 is 0 Å². The Morgan fingerprint density at radius 1 is 1.32 bits per heavy atom. The average molecular weight is 545 g/mol. The summed E-state index contributed by atoms with van der Waals surface area (Å²) in [4.78, 5) is 26.7. The highest BCUT2D eigenvalue weighted by molar-refractivity contribution is 6.65. The first-order valence-corrected chi connectivity index (χ1v) is 14.0. The largest absolute Gasteiger partial charge is 0.493 e. The van der Waals surface area contributed by atoms with Crippen molar-refractivity contribution in [3.63, 3.8) is 0 Å². The van der Waals surface area contributed by atoms with Crippen molar-refractivity contribution in [2.75, 3.05) is 0 Å². The molecule has 38 heavy (non-hydrogen) atoms. The van der Waals surface area contributed by atoms with E-state index in [1.165, 1.54) is 0 Å². The molecule has 0 spiro atoms. The van der Waals surface area contributed by atoms with Crippen molar-refractivity contribution in [2.24, 2.45) is 39.9 Å². The fourth-order valence-electron chi connectivity index (χ4n) is 8.71. The van der Waals surface area contributed by atoms with Crippen LogP contribution in [0.3, 0.4) is 0 Å². The number of fused-ring (bicyclic) bond motifs is 1. The van der Waals surface area contributed by atoms with Gasteiger partial charge in [0.05, 0.1) is 17.7 Å². The maximum absolute atomic E-state index is 13.7. The van der Waals surface area contributed by atoms with E-state index in [4.69, 9.17) is 21.0 Å². The van der Waals surface area contributed by atoms with Crippen molar-refractivity contribution in [3.8, 4) is 5.75 Å². The quantitative estimate of drug-likeness (QED) is 0.379. The lowest BCUT2D eigenvalue weighted by molar-refractivity contribution is -0.193. The van der Waals surface area contributed by atoms with Crippen molar-refractivity contribution in [1.82, 2.24) is 0 Å². The number of hydrogen-bond acceptors (Lipinski definition) is 6. The maximum atomic E-state index is 13.7. The third-order valence-corrected chi connectivity index (χ3v) is 11.6. The summed E-state index contributed by atoms with van der Waals surface area (Å²) in [5.41, 5.74) is -0.795. The average Bonchev–Trinajstić information content (AvgIpc) is 3.44. The van der Waals surface area contributed by atoms with E-state index in [9.17, 15) is 24.8 Å². The summed E-state index contributed by atoms with van der Waals surface area (Å²) in [5.74, 6) is -1.95. The molecule has 1 aromatic rings. The van der Waals surface area contributed by atoms with E-state index in [0.717, 1.165) is 18.4 Å². The minimum Gasteiger partial charge on any atom is -0.478 e. The Morgan fingerprint density at radius 2 is 2.03 bits per heavy atom. The number of aliphatic hydroxyl groups excluding tert-OH is 1. The molecule has 3 N–H and O–H groups in total. The first-order valence-electron chi connectivity index (χ1n) is 13.7. The Labute approximate surface area is 229 Å². The molecule has 2 bridgehead atoms. The Morgan fingerprint density at radius 3 is 2.68 bits per heavy atom. The van der Waals surface area contributed by atoms with Crippen LogP contribution in [0, 0.1) is 39.9 Å². The number of rotatable bonds is 5. The van der Waals surface area contributed by atoms with Crippen LogP contribution in [-0.4, -0.2) is 46.3 Å². The molecule has 1 aromatic carbocycles. The number of carbonyl (C=O) groups is 2. The van der Waals surface area contributed by atoms with Crippen LogP contribution in [0.1, 0.15) is 65.4 Å². The maximum Gasteiger partial charge on any atom is 0.493 e. The first kappa shape index (κ1) is 27.7. The van der Waals surface area contributed by atoms with E-state index < -0.39 is 47.5 Å². The van der Waals surface area contributed by atoms with Gasteiger partial charge in [-0.2, -0.15) is 0 Å². The summed E-state index contributed by atoms with van der Waals surface area (Å²) in [6, 6.07) is 3.34. The smallest absolute Gasteiger partial charge is 0.478 e. The second-order valence-electron chi connectivity index (χ2n) is 12.7. The number of ketones is 1. The normalized spacial score (nSPS) is 41.1. The lowest BCUT2D eigenvalue weighted by atomic mass is 9.41. The van der Waals surface area contributed by atoms with Gasteiger partial charge in [0.1, 0.15) is 11.5 Å². The number of aliphatic carboxylic acids is 1. The molecule has 5 rings (SSSR count). The summed E-state index contributed by atoms with van der Waals surface area (Å²) in [5, 5.41) is 32.8. The van der Waals surface area contributed by atoms with Crippen LogP contribution in [0.4, 0.5) is 0 Å². The van der Waals surface area contributed by atoms with Gasteiger partial charge in [-0.1, -0.05) is 51.4 Å². The van der Waals surface area contributed by atoms with Crippen LogP contribution in [0.15, 0.2) is 24.8 Å². The van der Waals surface area contributed by atoms with Gasteiger partial charge in [0.2, 0.25) is 0 Å². The van der Waals surface area contributed by atoms with Crippen LogP contribution in [-0.2, 0) is 20.9 Å². The van der Waals surface area contributed by atoms with Crippen LogP contribution < -0.4 is 10.2 Å². The predicted molar refractivity (Wildman–Crippen MR) is 144 cm³/mol. The topological polar surface area (TPSA) is 113 Å². The molecule has 3 fully saturated rings. The van der Waals surface area contributed by atoms with Crippen molar-refractivity contribution in [2.45, 2.75) is 78.6 Å². The monoisotopic (exact) mass is 544 g/mol. The first-order chi connectivity index (χ1) is 17.8. The molecule has 1 unspecified atom stereocenters. The fraction of sp³-hybridized carbons (Fsp3) is 0.655. The van der Waals surface area contributed by atoms with Crippen LogP contribution in [0.2, 0.25) is 5.02 Å². The highest BCUT2D eigenvalue weighted by Gasteiger charge is 2.69. The van der Waals surface area contributed by atoms with Gasteiger partial charge in [-0.25, -0.2) is 4.79 Å². The van der Waals surface area contributed by atoms with Crippen LogP contribution >= 0.6 is 11.6 Å². The highest BCUT2D eigenvalue weighted by atomic mass is 35.5. The molecule has 0 aromatic heterocycles. The third kappa shape index (κ3) is 3.74. The molecule has 3 saturated carbocycles. The molecule has 0 radical (unpaired) electrons. The minimum absolute atomic E-state index is 0.0559. The molecule has 1 aliphatic heterocycles. The Bertz CT molecular complexity index is 1170. The summed E-state index contributed by atoms with van der Waals surface area (Å²) in [6.45, 7) is 12.4. The minimum atomic E-state index is -1.35. The molecule has 7 nitrogen and oxygen atoms in total. The number of carbonyl (C=O) groups excluding carboxylic acids is 1. The predicted octanol–water partition coefficient (Wildman–Crippen LogP) is 4.00. The highest BCUT2D eigenvalue weighted by Crippen LogP contribution is 2.69. The molecule has 9 atom stereocenters. The second-order valence-corrected chi connectivity index (χ2v) is 13.1.